The molecule has 0 bridgehead atoms. The van der Waals surface area contributed by atoms with E-state index in [1.54, 1.807) is 6.26 Å². The molecule has 3 aromatic rings. The molecule has 2 heterocycles. The number of hydrogen-bond acceptors (Lipinski definition) is 5. The number of hydrogen-bond donors (Lipinski definition) is 0. The Kier molecular flexibility index (Phi) is 6.87. The summed E-state index contributed by atoms with van der Waals surface area (Å²) in [6, 6.07) is 16.3. The third-order valence-corrected chi connectivity index (χ3v) is 6.08. The lowest BCUT2D eigenvalue weighted by Gasteiger charge is -2.12. The highest BCUT2D eigenvalue weighted by atomic mass is 32.2. The maximum atomic E-state index is 11.1. The van der Waals surface area contributed by atoms with E-state index in [9.17, 15) is 4.21 Å². The minimum Gasteiger partial charge on any atom is -0.494 e. The Bertz CT molecular complexity index is 1080. The molecular weight excluding hydrogens is 410 g/mol. The Balaban J connectivity index is 1.40. The molecule has 1 aliphatic rings. The highest BCUT2D eigenvalue weighted by Gasteiger charge is 2.13. The van der Waals surface area contributed by atoms with Gasteiger partial charge in [-0.25, -0.2) is 4.98 Å². The molecule has 1 aromatic heterocycles. The molecule has 162 valence electrons. The van der Waals surface area contributed by atoms with Crippen molar-refractivity contribution in [1.29, 1.82) is 0 Å². The minimum atomic E-state index is -0.774. The lowest BCUT2D eigenvalue weighted by Crippen LogP contribution is -2.03. The van der Waals surface area contributed by atoms with Crippen molar-refractivity contribution in [2.45, 2.75) is 26.4 Å². The fourth-order valence-corrected chi connectivity index (χ4v) is 4.13. The Morgan fingerprint density at radius 1 is 1.13 bits per heavy atom. The van der Waals surface area contributed by atoms with Crippen LogP contribution in [-0.4, -0.2) is 34.4 Å². The lowest BCUT2D eigenvalue weighted by atomic mass is 9.99. The van der Waals surface area contributed by atoms with Crippen molar-refractivity contribution in [1.82, 2.24) is 4.98 Å². The molecule has 31 heavy (non-hydrogen) atoms. The number of fused-ring (bicyclic) bond motifs is 1. The van der Waals surface area contributed by atoms with Crippen LogP contribution in [0.4, 0.5) is 0 Å². The molecule has 1 unspecified atom stereocenters. The van der Waals surface area contributed by atoms with Crippen molar-refractivity contribution in [3.63, 3.8) is 0 Å². The quantitative estimate of drug-likeness (QED) is 0.454. The molecule has 1 atom stereocenters. The first-order valence-electron chi connectivity index (χ1n) is 10.5. The Morgan fingerprint density at radius 3 is 2.87 bits per heavy atom. The fourth-order valence-electron chi connectivity index (χ4n) is 3.61. The van der Waals surface area contributed by atoms with Gasteiger partial charge in [0, 0.05) is 47.1 Å². The summed E-state index contributed by atoms with van der Waals surface area (Å²) in [6.07, 6.45) is 5.25. The van der Waals surface area contributed by atoms with Gasteiger partial charge in [-0.05, 0) is 53.8 Å². The van der Waals surface area contributed by atoms with Gasteiger partial charge in [-0.15, -0.1) is 0 Å². The van der Waals surface area contributed by atoms with Crippen LogP contribution in [-0.2, 0) is 23.8 Å². The SMILES string of the molecule is Cc1cc(OCCCS(C)=O)ccc1-c1cccc(COc2cc3c(cn2)CCO3)c1. The molecule has 6 heteroatoms. The van der Waals surface area contributed by atoms with E-state index in [0.29, 0.717) is 31.5 Å². The molecule has 1 aliphatic heterocycles. The molecule has 0 N–H and O–H groups in total. The molecule has 0 amide bonds. The number of benzene rings is 2. The van der Waals surface area contributed by atoms with Crippen LogP contribution in [0.3, 0.4) is 0 Å². The van der Waals surface area contributed by atoms with Crippen LogP contribution in [0, 0.1) is 6.92 Å². The molecule has 0 radical (unpaired) electrons. The van der Waals surface area contributed by atoms with Gasteiger partial charge in [-0.3, -0.25) is 4.21 Å². The third-order valence-electron chi connectivity index (χ3n) is 5.22. The topological polar surface area (TPSA) is 57.7 Å². The van der Waals surface area contributed by atoms with E-state index in [1.165, 1.54) is 0 Å². The van der Waals surface area contributed by atoms with Crippen molar-refractivity contribution in [2.24, 2.45) is 0 Å². The van der Waals surface area contributed by atoms with E-state index in [-0.39, 0.29) is 0 Å². The van der Waals surface area contributed by atoms with E-state index in [0.717, 1.165) is 52.2 Å². The summed E-state index contributed by atoms with van der Waals surface area (Å²) in [7, 11) is -0.774. The van der Waals surface area contributed by atoms with Crippen LogP contribution >= 0.6 is 0 Å². The third kappa shape index (κ3) is 5.64. The summed E-state index contributed by atoms with van der Waals surface area (Å²) in [5.41, 5.74) is 5.65. The van der Waals surface area contributed by atoms with Crippen LogP contribution in [0.25, 0.3) is 11.1 Å². The van der Waals surface area contributed by atoms with Gasteiger partial charge in [0.2, 0.25) is 5.88 Å². The van der Waals surface area contributed by atoms with E-state index in [1.807, 2.05) is 24.4 Å². The Morgan fingerprint density at radius 2 is 2.03 bits per heavy atom. The van der Waals surface area contributed by atoms with Gasteiger partial charge in [0.25, 0.3) is 0 Å². The number of ether oxygens (including phenoxy) is 3. The average molecular weight is 438 g/mol. The summed E-state index contributed by atoms with van der Waals surface area (Å²) >= 11 is 0. The molecule has 0 saturated carbocycles. The number of pyridine rings is 1. The zero-order valence-corrected chi connectivity index (χ0v) is 18.7. The smallest absolute Gasteiger partial charge is 0.217 e. The molecule has 0 aliphatic carbocycles. The number of rotatable bonds is 9. The zero-order chi connectivity index (χ0) is 21.6. The van der Waals surface area contributed by atoms with Gasteiger partial charge in [0.05, 0.1) is 13.2 Å². The van der Waals surface area contributed by atoms with Crippen LogP contribution in [0.2, 0.25) is 0 Å². The predicted molar refractivity (Wildman–Crippen MR) is 123 cm³/mol. The maximum absolute atomic E-state index is 11.1. The molecule has 0 saturated heterocycles. The second-order valence-electron chi connectivity index (χ2n) is 7.67. The number of aryl methyl sites for hydroxylation is 1. The fraction of sp³-hybridized carbons (Fsp3) is 0.320. The van der Waals surface area contributed by atoms with Crippen molar-refractivity contribution < 1.29 is 18.4 Å². The first kappa shape index (κ1) is 21.4. The van der Waals surface area contributed by atoms with Gasteiger partial charge >= 0.3 is 0 Å². The molecule has 4 rings (SSSR count). The monoisotopic (exact) mass is 437 g/mol. The number of aromatic nitrogens is 1. The van der Waals surface area contributed by atoms with E-state index in [2.05, 4.69) is 42.2 Å². The first-order valence-corrected chi connectivity index (χ1v) is 12.2. The first-order chi connectivity index (χ1) is 15.1. The van der Waals surface area contributed by atoms with Gasteiger partial charge in [-0.2, -0.15) is 0 Å². The average Bonchev–Trinajstić information content (AvgIpc) is 3.23. The van der Waals surface area contributed by atoms with Crippen molar-refractivity contribution in [3.8, 4) is 28.5 Å². The van der Waals surface area contributed by atoms with Gasteiger partial charge in [0.1, 0.15) is 18.1 Å². The van der Waals surface area contributed by atoms with Crippen LogP contribution in [0.5, 0.6) is 17.4 Å². The van der Waals surface area contributed by atoms with Crippen LogP contribution in [0.15, 0.2) is 54.7 Å². The number of nitrogens with zero attached hydrogens (tertiary/aromatic N) is 1. The second kappa shape index (κ2) is 9.96. The predicted octanol–water partition coefficient (Wildman–Crippen LogP) is 4.72. The zero-order valence-electron chi connectivity index (χ0n) is 17.9. The molecule has 0 spiro atoms. The lowest BCUT2D eigenvalue weighted by molar-refractivity contribution is 0.290. The molecule has 2 aromatic carbocycles. The standard InChI is InChI=1S/C25H27NO4S/c1-18-13-22(28-10-4-12-31(2)27)7-8-23(18)20-6-3-5-19(14-20)17-30-25-15-24-21(16-26-25)9-11-29-24/h3,5-8,13-16H,4,9-12,17H2,1-2H3. The largest absolute Gasteiger partial charge is 0.494 e. The highest BCUT2D eigenvalue weighted by Crippen LogP contribution is 2.29. The summed E-state index contributed by atoms with van der Waals surface area (Å²) in [4.78, 5) is 4.38. The summed E-state index contributed by atoms with van der Waals surface area (Å²) in [5, 5.41) is 0. The van der Waals surface area contributed by atoms with E-state index in [4.69, 9.17) is 14.2 Å². The Hall–Kier alpha value is -2.86. The minimum absolute atomic E-state index is 0.443. The normalized spacial score (nSPS) is 13.4. The molecule has 0 fully saturated rings. The summed E-state index contributed by atoms with van der Waals surface area (Å²) in [5.74, 6) is 2.96. The molecular formula is C25H27NO4S. The highest BCUT2D eigenvalue weighted by molar-refractivity contribution is 7.84. The molecule has 5 nitrogen and oxygen atoms in total. The van der Waals surface area contributed by atoms with Crippen molar-refractivity contribution in [2.75, 3.05) is 25.2 Å². The van der Waals surface area contributed by atoms with Gasteiger partial charge in [0.15, 0.2) is 0 Å². The maximum Gasteiger partial charge on any atom is 0.217 e. The summed E-state index contributed by atoms with van der Waals surface area (Å²) in [6.45, 7) is 3.82. The van der Waals surface area contributed by atoms with Crippen LogP contribution < -0.4 is 14.2 Å². The van der Waals surface area contributed by atoms with Gasteiger partial charge in [-0.1, -0.05) is 24.3 Å². The van der Waals surface area contributed by atoms with Crippen molar-refractivity contribution in [3.05, 3.63) is 71.4 Å². The second-order valence-corrected chi connectivity index (χ2v) is 9.23. The Labute approximate surface area is 185 Å². The summed E-state index contributed by atoms with van der Waals surface area (Å²) < 4.78 is 28.4. The van der Waals surface area contributed by atoms with Crippen LogP contribution in [0.1, 0.15) is 23.1 Å². The van der Waals surface area contributed by atoms with Gasteiger partial charge < -0.3 is 14.2 Å². The van der Waals surface area contributed by atoms with E-state index < -0.39 is 10.8 Å². The van der Waals surface area contributed by atoms with E-state index >= 15 is 0 Å². The van der Waals surface area contributed by atoms with Crippen molar-refractivity contribution >= 4 is 10.8 Å².